The smallest absolute Gasteiger partial charge is 0.359 e. The number of hydrogen-bond donors (Lipinski definition) is 0. The van der Waals surface area contributed by atoms with E-state index in [-0.39, 0.29) is 17.5 Å². The third kappa shape index (κ3) is 5.47. The fraction of sp³-hybridized carbons (Fsp3) is 0.267. The number of hydrogen-bond acceptors (Lipinski definition) is 7. The van der Waals surface area contributed by atoms with Crippen LogP contribution in [0, 0.1) is 22.9 Å². The molecule has 0 amide bonds. The number of ether oxygens (including phenoxy) is 1. The van der Waals surface area contributed by atoms with Crippen LogP contribution in [0.4, 0.5) is 15.8 Å². The lowest BCUT2D eigenvalue weighted by Crippen LogP contribution is -2.48. The molecule has 9 nitrogen and oxygen atoms in total. The normalized spacial score (nSPS) is 14.7. The highest BCUT2D eigenvalue weighted by Gasteiger charge is 2.35. The Morgan fingerprint density at radius 1 is 1.15 bits per heavy atom. The van der Waals surface area contributed by atoms with E-state index in [1.165, 1.54) is 23.7 Å². The average Bonchev–Trinajstić information content (AvgIpc) is 2.96. The average molecular weight is 622 g/mol. The molecule has 1 atom stereocenters. The third-order valence-electron chi connectivity index (χ3n) is 7.44. The van der Waals surface area contributed by atoms with Crippen molar-refractivity contribution in [3.63, 3.8) is 0 Å². The summed E-state index contributed by atoms with van der Waals surface area (Å²) in [6.07, 6.45) is 1.69. The van der Waals surface area contributed by atoms with Crippen molar-refractivity contribution >= 4 is 38.3 Å². The van der Waals surface area contributed by atoms with Crippen LogP contribution in [0.1, 0.15) is 22.7 Å². The van der Waals surface area contributed by atoms with E-state index in [0.29, 0.717) is 54.2 Å². The Morgan fingerprint density at radius 3 is 2.51 bits per heavy atom. The summed E-state index contributed by atoms with van der Waals surface area (Å²) in [5, 5.41) is 12.2. The monoisotopic (exact) mass is 621 g/mol. The molecule has 2 aromatic heterocycles. The van der Waals surface area contributed by atoms with Gasteiger partial charge in [-0.2, -0.15) is 0 Å². The molecule has 1 aliphatic rings. The van der Waals surface area contributed by atoms with Crippen LogP contribution >= 0.6 is 15.9 Å². The van der Waals surface area contributed by atoms with E-state index in [1.54, 1.807) is 30.3 Å². The molecule has 0 aliphatic carbocycles. The van der Waals surface area contributed by atoms with Gasteiger partial charge in [-0.25, -0.2) is 9.37 Å². The maximum Gasteiger partial charge on any atom is 0.359 e. The SMILES string of the molecule is C=CCOc1cccc(C)c1[C@@H](c1ccc(F)cc1)N1CCN(c2c([N+](=O)[O-])c(=O)n(C)c3ccc(Br)nc23)CC1. The molecule has 3 heterocycles. The molecule has 0 saturated carbocycles. The van der Waals surface area contributed by atoms with Crippen molar-refractivity contribution in [2.75, 3.05) is 37.7 Å². The first-order valence-electron chi connectivity index (χ1n) is 13.1. The van der Waals surface area contributed by atoms with Crippen molar-refractivity contribution < 1.29 is 14.1 Å². The van der Waals surface area contributed by atoms with Crippen molar-refractivity contribution in [2.24, 2.45) is 7.05 Å². The van der Waals surface area contributed by atoms with Crippen LogP contribution in [-0.2, 0) is 7.05 Å². The van der Waals surface area contributed by atoms with E-state index in [2.05, 4.69) is 32.4 Å². The van der Waals surface area contributed by atoms with Gasteiger partial charge < -0.3 is 14.2 Å². The van der Waals surface area contributed by atoms with Crippen LogP contribution in [0.3, 0.4) is 0 Å². The van der Waals surface area contributed by atoms with Crippen LogP contribution in [0.5, 0.6) is 5.75 Å². The Labute approximate surface area is 244 Å². The molecule has 1 fully saturated rings. The number of nitrogens with zero attached hydrogens (tertiary/aromatic N) is 5. The van der Waals surface area contributed by atoms with Crippen molar-refractivity contribution in [1.82, 2.24) is 14.5 Å². The van der Waals surface area contributed by atoms with Crippen molar-refractivity contribution in [3.05, 3.63) is 115 Å². The number of anilines is 1. The van der Waals surface area contributed by atoms with Crippen LogP contribution in [0.2, 0.25) is 0 Å². The second kappa shape index (κ2) is 11.8. The molecular formula is C30H29BrFN5O4. The number of aromatic nitrogens is 2. The highest BCUT2D eigenvalue weighted by molar-refractivity contribution is 9.10. The van der Waals surface area contributed by atoms with Crippen LogP contribution < -0.4 is 15.2 Å². The zero-order valence-corrected chi connectivity index (χ0v) is 24.3. The summed E-state index contributed by atoms with van der Waals surface area (Å²) in [4.78, 5) is 33.3. The van der Waals surface area contributed by atoms with Gasteiger partial charge in [-0.3, -0.25) is 19.8 Å². The molecule has 0 N–H and O–H groups in total. The number of benzene rings is 2. The quantitative estimate of drug-likeness (QED) is 0.111. The van der Waals surface area contributed by atoms with Crippen LogP contribution in [0.25, 0.3) is 11.0 Å². The van der Waals surface area contributed by atoms with Gasteiger partial charge >= 0.3 is 11.2 Å². The van der Waals surface area contributed by atoms with E-state index in [0.717, 1.165) is 16.7 Å². The largest absolute Gasteiger partial charge is 0.489 e. The molecule has 0 unspecified atom stereocenters. The van der Waals surface area contributed by atoms with E-state index in [9.17, 15) is 19.3 Å². The molecule has 0 spiro atoms. The highest BCUT2D eigenvalue weighted by Crippen LogP contribution is 2.39. The van der Waals surface area contributed by atoms with E-state index < -0.39 is 16.2 Å². The molecule has 212 valence electrons. The number of pyridine rings is 2. The molecule has 0 bridgehead atoms. The lowest BCUT2D eigenvalue weighted by atomic mass is 9.92. The standard InChI is InChI=1S/C30H29BrFN5O4/c1-4-18-41-23-7-5-6-19(2)25(23)27(20-8-10-21(32)11-9-20)35-14-16-36(17-15-35)28-26-22(12-13-24(31)33-26)34(3)30(38)29(28)37(39)40/h4-13,27H,1,14-18H2,2-3H3/t27-/m1/s1. The van der Waals surface area contributed by atoms with Gasteiger partial charge in [0.05, 0.1) is 16.5 Å². The Bertz CT molecular complexity index is 1680. The van der Waals surface area contributed by atoms with Crippen LogP contribution in [0.15, 0.2) is 76.6 Å². The summed E-state index contributed by atoms with van der Waals surface area (Å²) in [6.45, 7) is 7.95. The number of aryl methyl sites for hydroxylation is 2. The van der Waals surface area contributed by atoms with Gasteiger partial charge in [0.2, 0.25) is 0 Å². The number of halogens is 2. The third-order valence-corrected chi connectivity index (χ3v) is 7.88. The van der Waals surface area contributed by atoms with E-state index in [1.807, 2.05) is 30.0 Å². The van der Waals surface area contributed by atoms with Gasteiger partial charge in [0.25, 0.3) is 0 Å². The summed E-state index contributed by atoms with van der Waals surface area (Å²) in [6, 6.07) is 15.5. The summed E-state index contributed by atoms with van der Waals surface area (Å²) in [5.74, 6) is 0.387. The van der Waals surface area contributed by atoms with Crippen molar-refractivity contribution in [1.29, 1.82) is 0 Å². The van der Waals surface area contributed by atoms with Gasteiger partial charge in [0.1, 0.15) is 28.3 Å². The molecule has 2 aromatic carbocycles. The van der Waals surface area contributed by atoms with Gasteiger partial charge in [0, 0.05) is 38.8 Å². The Morgan fingerprint density at radius 2 is 1.85 bits per heavy atom. The van der Waals surface area contributed by atoms with Crippen LogP contribution in [-0.4, -0.2) is 52.2 Å². The molecule has 5 rings (SSSR count). The predicted octanol–water partition coefficient (Wildman–Crippen LogP) is 5.53. The maximum atomic E-state index is 13.9. The Hall–Kier alpha value is -4.09. The Balaban J connectivity index is 1.56. The molecule has 11 heteroatoms. The van der Waals surface area contributed by atoms with Crippen molar-refractivity contribution in [2.45, 2.75) is 13.0 Å². The number of rotatable bonds is 8. The zero-order valence-electron chi connectivity index (χ0n) is 22.7. The Kier molecular flexibility index (Phi) is 8.18. The van der Waals surface area contributed by atoms with Gasteiger partial charge in [-0.15, -0.1) is 0 Å². The topological polar surface area (TPSA) is 93.7 Å². The second-order valence-corrected chi connectivity index (χ2v) is 10.7. The first kappa shape index (κ1) is 28.4. The fourth-order valence-corrected chi connectivity index (χ4v) is 5.82. The number of fused-ring (bicyclic) bond motifs is 1. The minimum absolute atomic E-state index is 0.221. The summed E-state index contributed by atoms with van der Waals surface area (Å²) >= 11 is 3.37. The lowest BCUT2D eigenvalue weighted by Gasteiger charge is -2.41. The van der Waals surface area contributed by atoms with E-state index >= 15 is 0 Å². The second-order valence-electron chi connectivity index (χ2n) is 9.88. The first-order chi connectivity index (χ1) is 19.7. The summed E-state index contributed by atoms with van der Waals surface area (Å²) < 4.78 is 21.8. The predicted molar refractivity (Wildman–Crippen MR) is 160 cm³/mol. The first-order valence-corrected chi connectivity index (χ1v) is 13.9. The molecule has 4 aromatic rings. The van der Waals surface area contributed by atoms with Gasteiger partial charge in [-0.1, -0.05) is 36.9 Å². The lowest BCUT2D eigenvalue weighted by molar-refractivity contribution is -0.385. The number of piperazine rings is 1. The maximum absolute atomic E-state index is 13.9. The van der Waals surface area contributed by atoms with Gasteiger partial charge in [0.15, 0.2) is 5.69 Å². The van der Waals surface area contributed by atoms with Gasteiger partial charge in [-0.05, 0) is 64.3 Å². The van der Waals surface area contributed by atoms with E-state index in [4.69, 9.17) is 4.74 Å². The minimum atomic E-state index is -0.683. The minimum Gasteiger partial charge on any atom is -0.489 e. The zero-order chi connectivity index (χ0) is 29.3. The fourth-order valence-electron chi connectivity index (χ4n) is 5.51. The molecular weight excluding hydrogens is 593 g/mol. The molecule has 1 saturated heterocycles. The number of nitro groups is 1. The highest BCUT2D eigenvalue weighted by atomic mass is 79.9. The summed E-state index contributed by atoms with van der Waals surface area (Å²) in [7, 11) is 1.51. The summed E-state index contributed by atoms with van der Waals surface area (Å²) in [5.41, 5.74) is 2.82. The molecule has 1 aliphatic heterocycles. The molecule has 0 radical (unpaired) electrons. The van der Waals surface area contributed by atoms with Crippen molar-refractivity contribution in [3.8, 4) is 5.75 Å². The molecule has 41 heavy (non-hydrogen) atoms.